The molecule has 9 heteroatoms. The Bertz CT molecular complexity index is 687. The van der Waals surface area contributed by atoms with E-state index in [1.165, 1.54) is 6.07 Å². The van der Waals surface area contributed by atoms with Crippen molar-refractivity contribution in [2.24, 2.45) is 0 Å². The molecular weight excluding hydrogens is 371 g/mol. The quantitative estimate of drug-likeness (QED) is 0.775. The second kappa shape index (κ2) is 7.35. The van der Waals surface area contributed by atoms with Crippen molar-refractivity contribution in [3.8, 4) is 0 Å². The zero-order chi connectivity index (χ0) is 19.7. The predicted molar refractivity (Wildman–Crippen MR) is 87.5 cm³/mol. The van der Waals surface area contributed by atoms with Crippen LogP contribution in [0.4, 0.5) is 22.0 Å². The van der Waals surface area contributed by atoms with E-state index in [9.17, 15) is 26.7 Å². The molecule has 2 aliphatic rings. The average molecular weight is 392 g/mol. The number of nitrogens with one attached hydrogen (secondary N) is 2. The van der Waals surface area contributed by atoms with Gasteiger partial charge in [0.1, 0.15) is 0 Å². The molecule has 4 nitrogen and oxygen atoms in total. The fourth-order valence-electron chi connectivity index (χ4n) is 3.64. The molecule has 27 heavy (non-hydrogen) atoms. The van der Waals surface area contributed by atoms with E-state index in [0.29, 0.717) is 31.6 Å². The minimum absolute atomic E-state index is 0.0697. The summed E-state index contributed by atoms with van der Waals surface area (Å²) >= 11 is 0. The van der Waals surface area contributed by atoms with Gasteiger partial charge in [0.05, 0.1) is 18.2 Å². The summed E-state index contributed by atoms with van der Waals surface area (Å²) in [5.41, 5.74) is -1.02. The van der Waals surface area contributed by atoms with Gasteiger partial charge < -0.3 is 10.1 Å². The van der Waals surface area contributed by atoms with Gasteiger partial charge in [-0.2, -0.15) is 13.2 Å². The van der Waals surface area contributed by atoms with Gasteiger partial charge in [0.15, 0.2) is 0 Å². The van der Waals surface area contributed by atoms with Crippen molar-refractivity contribution in [2.75, 3.05) is 26.3 Å². The second-order valence-electron chi connectivity index (χ2n) is 7.18. The Labute approximate surface area is 153 Å². The summed E-state index contributed by atoms with van der Waals surface area (Å²) in [5.74, 6) is -3.50. The SMILES string of the molecule is O=C(NCC1(c2cccc(C(F)(F)F)c2)CCOCC1)C1CC(F)(F)CN1. The topological polar surface area (TPSA) is 50.4 Å². The van der Waals surface area contributed by atoms with Gasteiger partial charge in [-0.05, 0) is 24.5 Å². The minimum atomic E-state index is -4.47. The zero-order valence-electron chi connectivity index (χ0n) is 14.5. The van der Waals surface area contributed by atoms with Crippen molar-refractivity contribution in [1.82, 2.24) is 10.6 Å². The van der Waals surface area contributed by atoms with E-state index >= 15 is 0 Å². The first-order valence-corrected chi connectivity index (χ1v) is 8.76. The smallest absolute Gasteiger partial charge is 0.381 e. The van der Waals surface area contributed by atoms with E-state index in [2.05, 4.69) is 10.6 Å². The highest BCUT2D eigenvalue weighted by Gasteiger charge is 2.43. The molecule has 1 amide bonds. The van der Waals surface area contributed by atoms with E-state index < -0.39 is 48.0 Å². The molecule has 3 rings (SSSR count). The van der Waals surface area contributed by atoms with Gasteiger partial charge in [-0.15, -0.1) is 0 Å². The van der Waals surface area contributed by atoms with Gasteiger partial charge in [0.2, 0.25) is 5.91 Å². The maximum atomic E-state index is 13.3. The van der Waals surface area contributed by atoms with Crippen LogP contribution in [0.25, 0.3) is 0 Å². The molecule has 2 aliphatic heterocycles. The van der Waals surface area contributed by atoms with Crippen LogP contribution in [0, 0.1) is 0 Å². The summed E-state index contributed by atoms with van der Waals surface area (Å²) in [4.78, 5) is 12.3. The highest BCUT2D eigenvalue weighted by Crippen LogP contribution is 2.38. The molecule has 1 aromatic carbocycles. The van der Waals surface area contributed by atoms with Crippen molar-refractivity contribution in [2.45, 2.75) is 42.8 Å². The van der Waals surface area contributed by atoms with Crippen molar-refractivity contribution in [3.63, 3.8) is 0 Å². The van der Waals surface area contributed by atoms with Crippen LogP contribution in [-0.4, -0.2) is 44.2 Å². The number of rotatable bonds is 4. The molecule has 150 valence electrons. The molecule has 1 atom stereocenters. The molecular formula is C18H21F5N2O2. The number of carbonyl (C=O) groups excluding carboxylic acids is 1. The first-order valence-electron chi connectivity index (χ1n) is 8.76. The van der Waals surface area contributed by atoms with Crippen LogP contribution in [0.1, 0.15) is 30.4 Å². The number of halogens is 5. The largest absolute Gasteiger partial charge is 0.416 e. The first kappa shape index (κ1) is 20.0. The lowest BCUT2D eigenvalue weighted by atomic mass is 9.73. The molecule has 0 radical (unpaired) electrons. The van der Waals surface area contributed by atoms with Crippen LogP contribution in [0.2, 0.25) is 0 Å². The lowest BCUT2D eigenvalue weighted by Crippen LogP contribution is -2.48. The van der Waals surface area contributed by atoms with Gasteiger partial charge >= 0.3 is 6.18 Å². The second-order valence-corrected chi connectivity index (χ2v) is 7.18. The highest BCUT2D eigenvalue weighted by molar-refractivity contribution is 5.82. The number of alkyl halides is 5. The Morgan fingerprint density at radius 3 is 2.56 bits per heavy atom. The molecule has 1 aromatic rings. The van der Waals surface area contributed by atoms with Gasteiger partial charge in [-0.3, -0.25) is 10.1 Å². The third-order valence-corrected chi connectivity index (χ3v) is 5.28. The molecule has 0 saturated carbocycles. The Morgan fingerprint density at radius 1 is 1.26 bits per heavy atom. The summed E-state index contributed by atoms with van der Waals surface area (Å²) < 4.78 is 71.1. The van der Waals surface area contributed by atoms with Gasteiger partial charge in [0, 0.05) is 31.6 Å². The fourth-order valence-corrected chi connectivity index (χ4v) is 3.64. The third-order valence-electron chi connectivity index (χ3n) is 5.28. The zero-order valence-corrected chi connectivity index (χ0v) is 14.5. The van der Waals surface area contributed by atoms with Crippen LogP contribution in [0.3, 0.4) is 0 Å². The van der Waals surface area contributed by atoms with E-state index in [-0.39, 0.29) is 6.54 Å². The number of ether oxygens (including phenoxy) is 1. The van der Waals surface area contributed by atoms with Gasteiger partial charge in [0.25, 0.3) is 5.92 Å². The third kappa shape index (κ3) is 4.57. The van der Waals surface area contributed by atoms with E-state index in [4.69, 9.17) is 4.74 Å². The predicted octanol–water partition coefficient (Wildman–Crippen LogP) is 2.87. The molecule has 2 saturated heterocycles. The van der Waals surface area contributed by atoms with Gasteiger partial charge in [-0.25, -0.2) is 8.78 Å². The van der Waals surface area contributed by atoms with Crippen molar-refractivity contribution >= 4 is 5.91 Å². The van der Waals surface area contributed by atoms with E-state index in [1.807, 2.05) is 0 Å². The molecule has 2 N–H and O–H groups in total. The highest BCUT2D eigenvalue weighted by atomic mass is 19.4. The molecule has 0 aliphatic carbocycles. The summed E-state index contributed by atoms with van der Waals surface area (Å²) in [6.45, 7) is 0.218. The van der Waals surface area contributed by atoms with E-state index in [1.54, 1.807) is 6.07 Å². The Kier molecular flexibility index (Phi) is 5.45. The lowest BCUT2D eigenvalue weighted by molar-refractivity contribution is -0.137. The van der Waals surface area contributed by atoms with Gasteiger partial charge in [-0.1, -0.05) is 18.2 Å². The minimum Gasteiger partial charge on any atom is -0.381 e. The summed E-state index contributed by atoms with van der Waals surface area (Å²) in [5, 5.41) is 5.14. The first-order chi connectivity index (χ1) is 12.6. The maximum absolute atomic E-state index is 13.3. The van der Waals surface area contributed by atoms with Crippen LogP contribution >= 0.6 is 0 Å². The molecule has 2 fully saturated rings. The fraction of sp³-hybridized carbons (Fsp3) is 0.611. The van der Waals surface area contributed by atoms with Crippen LogP contribution < -0.4 is 10.6 Å². The summed E-state index contributed by atoms with van der Waals surface area (Å²) in [6, 6.07) is 4.04. The molecule has 2 heterocycles. The van der Waals surface area contributed by atoms with Crippen molar-refractivity contribution in [1.29, 1.82) is 0 Å². The van der Waals surface area contributed by atoms with E-state index in [0.717, 1.165) is 12.1 Å². The summed E-state index contributed by atoms with van der Waals surface area (Å²) in [6.07, 6.45) is -4.19. The molecule has 1 unspecified atom stereocenters. The Balaban J connectivity index is 1.77. The lowest BCUT2D eigenvalue weighted by Gasteiger charge is -2.38. The number of amides is 1. The molecule has 0 aromatic heterocycles. The maximum Gasteiger partial charge on any atom is 0.416 e. The van der Waals surface area contributed by atoms with Crippen molar-refractivity contribution in [3.05, 3.63) is 35.4 Å². The monoisotopic (exact) mass is 392 g/mol. The normalized spacial score (nSPS) is 24.6. The summed E-state index contributed by atoms with van der Waals surface area (Å²) in [7, 11) is 0. The standard InChI is InChI=1S/C18H21F5N2O2/c19-17(20)9-14(24-11-17)15(26)25-10-16(4-6-27-7-5-16)12-2-1-3-13(8-12)18(21,22)23/h1-3,8,14,24H,4-7,9-11H2,(H,25,26). The number of hydrogen-bond acceptors (Lipinski definition) is 3. The molecule has 0 spiro atoms. The number of carbonyl (C=O) groups is 1. The number of hydrogen-bond donors (Lipinski definition) is 2. The van der Waals surface area contributed by atoms with Crippen molar-refractivity contribution < 1.29 is 31.5 Å². The van der Waals surface area contributed by atoms with Crippen LogP contribution in [0.15, 0.2) is 24.3 Å². The average Bonchev–Trinajstić information content (AvgIpc) is 3.00. The Morgan fingerprint density at radius 2 is 1.96 bits per heavy atom. The Hall–Kier alpha value is -1.74. The number of benzene rings is 1. The van der Waals surface area contributed by atoms with Crippen LogP contribution in [-0.2, 0) is 21.1 Å². The van der Waals surface area contributed by atoms with Crippen LogP contribution in [0.5, 0.6) is 0 Å². The molecule has 0 bridgehead atoms.